The van der Waals surface area contributed by atoms with Crippen molar-refractivity contribution in [2.75, 3.05) is 0 Å². The second-order valence-electron chi connectivity index (χ2n) is 9.17. The number of carbonyl (C=O) groups excluding carboxylic acids is 2. The van der Waals surface area contributed by atoms with Crippen molar-refractivity contribution >= 4 is 18.9 Å². The van der Waals surface area contributed by atoms with E-state index in [1.54, 1.807) is 36.4 Å². The van der Waals surface area contributed by atoms with E-state index >= 15 is 0 Å². The molecule has 0 aliphatic heterocycles. The van der Waals surface area contributed by atoms with Crippen LogP contribution in [0.4, 0.5) is 0 Å². The third-order valence-electron chi connectivity index (χ3n) is 6.66. The van der Waals surface area contributed by atoms with Gasteiger partial charge in [0.1, 0.15) is 11.5 Å². The maximum absolute atomic E-state index is 11.5. The van der Waals surface area contributed by atoms with Gasteiger partial charge < -0.3 is 14.6 Å². The minimum Gasteiger partial charge on any atom is -0.478 e. The largest absolute Gasteiger partial charge is 0.478 e. The molecule has 0 aliphatic carbocycles. The topological polar surface area (TPSA) is 89.9 Å². The summed E-state index contributed by atoms with van der Waals surface area (Å²) in [5.41, 5.74) is 8.75. The molecule has 0 heterocycles. The van der Waals surface area contributed by atoms with Gasteiger partial charge in [-0.25, -0.2) is 4.79 Å². The summed E-state index contributed by atoms with van der Waals surface area (Å²) in [5.74, 6) is -0.123. The van der Waals surface area contributed by atoms with Gasteiger partial charge >= 0.3 is 5.97 Å². The van der Waals surface area contributed by atoms with Gasteiger partial charge in [-0.3, -0.25) is 9.59 Å². The third kappa shape index (κ3) is 5.51. The minimum absolute atomic E-state index is 0.209. The van der Waals surface area contributed by atoms with Crippen molar-refractivity contribution in [1.82, 2.24) is 0 Å². The predicted molar refractivity (Wildman–Crippen MR) is 153 cm³/mol. The monoisotopic (exact) mass is 528 g/mol. The maximum atomic E-state index is 11.5. The molecule has 0 saturated carbocycles. The van der Waals surface area contributed by atoms with Crippen molar-refractivity contribution in [3.63, 3.8) is 0 Å². The van der Waals surface area contributed by atoms with E-state index in [0.717, 1.165) is 50.1 Å². The van der Waals surface area contributed by atoms with Gasteiger partial charge in [0.2, 0.25) is 0 Å². The zero-order valence-electron chi connectivity index (χ0n) is 21.5. The summed E-state index contributed by atoms with van der Waals surface area (Å²) < 4.78 is 9.98. The fraction of sp³-hybridized carbons (Fsp3) is 0.0294. The van der Waals surface area contributed by atoms with Crippen LogP contribution in [0.15, 0.2) is 109 Å². The van der Waals surface area contributed by atoms with Crippen LogP contribution in [0, 0.1) is 6.92 Å². The standard InChI is InChI=1S/C34H24O6/c1-22-2-4-23(5-3-22)30-18-32(25-10-14-28(15-11-25)39-20-35)33(26-12-16-29(17-13-26)40-21-36)19-31(30)24-6-8-27(9-7-24)34(37)38/h2-21H,1H3,(H,37,38). The van der Waals surface area contributed by atoms with E-state index in [1.807, 2.05) is 43.3 Å². The van der Waals surface area contributed by atoms with Gasteiger partial charge in [-0.05, 0) is 100.0 Å². The summed E-state index contributed by atoms with van der Waals surface area (Å²) >= 11 is 0. The molecule has 5 aromatic rings. The number of carboxylic acids is 1. The number of hydrogen-bond acceptors (Lipinski definition) is 5. The van der Waals surface area contributed by atoms with Crippen LogP contribution in [0.5, 0.6) is 11.5 Å². The van der Waals surface area contributed by atoms with E-state index in [1.165, 1.54) is 0 Å². The van der Waals surface area contributed by atoms with E-state index < -0.39 is 5.97 Å². The molecule has 40 heavy (non-hydrogen) atoms. The van der Waals surface area contributed by atoms with Crippen molar-refractivity contribution in [1.29, 1.82) is 0 Å². The highest BCUT2D eigenvalue weighted by atomic mass is 16.5. The van der Waals surface area contributed by atoms with Crippen molar-refractivity contribution in [3.05, 3.63) is 120 Å². The Kier molecular flexibility index (Phi) is 7.51. The number of carboxylic acid groups (broad SMARTS) is 1. The highest BCUT2D eigenvalue weighted by molar-refractivity contribution is 5.96. The first kappa shape index (κ1) is 26.1. The number of aryl methyl sites for hydroxylation is 1. The highest BCUT2D eigenvalue weighted by Crippen LogP contribution is 2.42. The molecule has 196 valence electrons. The number of aromatic carboxylic acids is 1. The first-order valence-corrected chi connectivity index (χ1v) is 12.5. The first-order valence-electron chi connectivity index (χ1n) is 12.5. The predicted octanol–water partition coefficient (Wildman–Crippen LogP) is 7.43. The van der Waals surface area contributed by atoms with Gasteiger partial charge in [0.05, 0.1) is 5.56 Å². The van der Waals surface area contributed by atoms with Crippen molar-refractivity contribution < 1.29 is 29.0 Å². The van der Waals surface area contributed by atoms with Crippen LogP contribution in [0.2, 0.25) is 0 Å². The summed E-state index contributed by atoms with van der Waals surface area (Å²) in [7, 11) is 0. The smallest absolute Gasteiger partial charge is 0.335 e. The van der Waals surface area contributed by atoms with Gasteiger partial charge in [0.25, 0.3) is 12.9 Å². The average molecular weight is 529 g/mol. The summed E-state index contributed by atoms with van der Waals surface area (Å²) in [6.07, 6.45) is 0. The van der Waals surface area contributed by atoms with E-state index in [9.17, 15) is 19.5 Å². The van der Waals surface area contributed by atoms with Gasteiger partial charge in [0.15, 0.2) is 0 Å². The normalized spacial score (nSPS) is 10.5. The second-order valence-corrected chi connectivity index (χ2v) is 9.17. The number of carbonyl (C=O) groups is 3. The quantitative estimate of drug-likeness (QED) is 0.200. The molecule has 5 rings (SSSR count). The average Bonchev–Trinajstić information content (AvgIpc) is 2.98. The van der Waals surface area contributed by atoms with Crippen LogP contribution in [0.3, 0.4) is 0 Å². The molecule has 6 heteroatoms. The lowest BCUT2D eigenvalue weighted by atomic mass is 9.85. The molecule has 5 aromatic carbocycles. The number of benzene rings is 5. The Morgan fingerprint density at radius 1 is 0.550 bits per heavy atom. The molecule has 0 saturated heterocycles. The second kappa shape index (κ2) is 11.5. The maximum Gasteiger partial charge on any atom is 0.335 e. The fourth-order valence-electron chi connectivity index (χ4n) is 4.62. The molecular weight excluding hydrogens is 504 g/mol. The van der Waals surface area contributed by atoms with Crippen molar-refractivity contribution in [3.8, 4) is 56.0 Å². The Bertz CT molecular complexity index is 1670. The lowest BCUT2D eigenvalue weighted by Gasteiger charge is -2.19. The zero-order chi connectivity index (χ0) is 28.1. The Labute approximate surface area is 231 Å². The summed E-state index contributed by atoms with van der Waals surface area (Å²) in [4.78, 5) is 33.1. The number of hydrogen-bond donors (Lipinski definition) is 1. The molecule has 0 fully saturated rings. The van der Waals surface area contributed by atoms with Crippen LogP contribution < -0.4 is 9.47 Å². The van der Waals surface area contributed by atoms with Crippen LogP contribution >= 0.6 is 0 Å². The third-order valence-corrected chi connectivity index (χ3v) is 6.66. The van der Waals surface area contributed by atoms with E-state index in [0.29, 0.717) is 24.4 Å². The molecule has 0 aliphatic rings. The summed E-state index contributed by atoms with van der Waals surface area (Å²) in [6, 6.07) is 33.7. The van der Waals surface area contributed by atoms with Crippen LogP contribution in [-0.4, -0.2) is 24.0 Å². The Morgan fingerprint density at radius 2 is 0.875 bits per heavy atom. The fourth-order valence-corrected chi connectivity index (χ4v) is 4.62. The molecule has 6 nitrogen and oxygen atoms in total. The Balaban J connectivity index is 1.77. The van der Waals surface area contributed by atoms with Gasteiger partial charge in [-0.15, -0.1) is 0 Å². The summed E-state index contributed by atoms with van der Waals surface area (Å²) in [6.45, 7) is 2.81. The SMILES string of the molecule is Cc1ccc(-c2cc(-c3ccc(OC=O)cc3)c(-c3ccc(OC=O)cc3)cc2-c2ccc(C(=O)O)cc2)cc1. The highest BCUT2D eigenvalue weighted by Gasteiger charge is 2.17. The molecule has 0 amide bonds. The molecule has 0 atom stereocenters. The molecule has 0 unspecified atom stereocenters. The molecular formula is C34H24O6. The minimum atomic E-state index is -0.985. The number of rotatable bonds is 9. The van der Waals surface area contributed by atoms with E-state index in [2.05, 4.69) is 36.4 Å². The van der Waals surface area contributed by atoms with Gasteiger partial charge in [-0.2, -0.15) is 0 Å². The molecule has 1 N–H and O–H groups in total. The first-order chi connectivity index (χ1) is 19.5. The van der Waals surface area contributed by atoms with Crippen LogP contribution in [0.1, 0.15) is 15.9 Å². The van der Waals surface area contributed by atoms with Crippen molar-refractivity contribution in [2.24, 2.45) is 0 Å². The van der Waals surface area contributed by atoms with Gasteiger partial charge in [0, 0.05) is 0 Å². The Morgan fingerprint density at radius 3 is 1.20 bits per heavy atom. The van der Waals surface area contributed by atoms with Crippen LogP contribution in [0.25, 0.3) is 44.5 Å². The zero-order valence-corrected chi connectivity index (χ0v) is 21.5. The van der Waals surface area contributed by atoms with Gasteiger partial charge in [-0.1, -0.05) is 66.2 Å². The lowest BCUT2D eigenvalue weighted by molar-refractivity contribution is -0.121. The molecule has 0 radical (unpaired) electrons. The summed E-state index contributed by atoms with van der Waals surface area (Å²) in [5, 5.41) is 9.41. The number of ether oxygens (including phenoxy) is 2. The molecule has 0 bridgehead atoms. The van der Waals surface area contributed by atoms with E-state index in [-0.39, 0.29) is 5.56 Å². The molecule has 0 spiro atoms. The lowest BCUT2D eigenvalue weighted by Crippen LogP contribution is -1.96. The van der Waals surface area contributed by atoms with Crippen molar-refractivity contribution in [2.45, 2.75) is 6.92 Å². The molecule has 0 aromatic heterocycles. The Hall–Kier alpha value is -5.49. The van der Waals surface area contributed by atoms with E-state index in [4.69, 9.17) is 9.47 Å². The van der Waals surface area contributed by atoms with Crippen LogP contribution in [-0.2, 0) is 9.59 Å².